The summed E-state index contributed by atoms with van der Waals surface area (Å²) in [6, 6.07) is 0. The first-order chi connectivity index (χ1) is 26.4. The molecule has 26 nitrogen and oxygen atoms in total. The normalized spacial score (nSPS) is 52.3. The van der Waals surface area contributed by atoms with Crippen LogP contribution in [0.5, 0.6) is 0 Å². The summed E-state index contributed by atoms with van der Waals surface area (Å²) < 4.78 is 50.1. The van der Waals surface area contributed by atoms with Gasteiger partial charge in [-0.15, -0.1) is 0 Å². The zero-order valence-corrected chi connectivity index (χ0v) is 29.5. The highest BCUT2D eigenvalue weighted by atomic mass is 16.8. The van der Waals surface area contributed by atoms with Crippen molar-refractivity contribution in [1.29, 1.82) is 0 Å². The predicted octanol–water partition coefficient (Wildman–Crippen LogP) is -11.9. The van der Waals surface area contributed by atoms with Gasteiger partial charge in [-0.2, -0.15) is 0 Å². The first kappa shape index (κ1) is 46.0. The Balaban J connectivity index is 1.39. The van der Waals surface area contributed by atoms with Gasteiger partial charge in [-0.3, -0.25) is 0 Å². The van der Waals surface area contributed by atoms with E-state index in [2.05, 4.69) is 0 Å². The number of hydrogen-bond donors (Lipinski definition) is 17. The molecule has 0 aromatic carbocycles. The van der Waals surface area contributed by atoms with Gasteiger partial charge in [0.25, 0.3) is 0 Å². The van der Waals surface area contributed by atoms with Crippen LogP contribution < -0.4 is 0 Å². The molecule has 5 aliphatic rings. The maximum absolute atomic E-state index is 11.2. The topological polar surface area (TPSA) is 427 Å². The van der Waals surface area contributed by atoms with E-state index in [1.54, 1.807) is 0 Å². The molecule has 0 aromatic heterocycles. The summed E-state index contributed by atoms with van der Waals surface area (Å²) in [7, 11) is 0. The molecule has 5 saturated heterocycles. The first-order valence-corrected chi connectivity index (χ1v) is 17.5. The van der Waals surface area contributed by atoms with E-state index in [1.807, 2.05) is 0 Å². The molecule has 0 saturated carbocycles. The van der Waals surface area contributed by atoms with Crippen molar-refractivity contribution < 1.29 is 129 Å². The zero-order valence-electron chi connectivity index (χ0n) is 29.5. The quantitative estimate of drug-likeness (QED) is 0.0647. The molecule has 21 atom stereocenters. The highest BCUT2D eigenvalue weighted by Crippen LogP contribution is 2.42. The predicted molar refractivity (Wildman–Crippen MR) is 167 cm³/mol. The van der Waals surface area contributed by atoms with Crippen LogP contribution in [0.2, 0.25) is 0 Å². The van der Waals surface area contributed by atoms with E-state index in [-0.39, 0.29) is 0 Å². The lowest BCUT2D eigenvalue weighted by Gasteiger charge is -2.44. The van der Waals surface area contributed by atoms with Gasteiger partial charge in [-0.1, -0.05) is 0 Å². The molecule has 56 heavy (non-hydrogen) atoms. The van der Waals surface area contributed by atoms with Gasteiger partial charge in [0.05, 0.1) is 33.0 Å². The fourth-order valence-corrected chi connectivity index (χ4v) is 7.16. The maximum atomic E-state index is 11.2. The Kier molecular flexibility index (Phi) is 14.7. The van der Waals surface area contributed by atoms with E-state index < -0.39 is 187 Å². The fourth-order valence-electron chi connectivity index (χ4n) is 7.16. The van der Waals surface area contributed by atoms with E-state index in [1.165, 1.54) is 0 Å². The van der Waals surface area contributed by atoms with Crippen molar-refractivity contribution in [2.45, 2.75) is 127 Å². The molecule has 0 spiro atoms. The van der Waals surface area contributed by atoms with E-state index in [0.29, 0.717) is 0 Å². The Labute approximate surface area is 316 Å². The third-order valence-electron chi connectivity index (χ3n) is 10.7. The van der Waals surface area contributed by atoms with Crippen LogP contribution in [0.1, 0.15) is 0 Å². The molecule has 0 aliphatic carbocycles. The molecule has 0 aromatic rings. The van der Waals surface area contributed by atoms with E-state index in [9.17, 15) is 86.8 Å². The molecule has 328 valence electrons. The second kappa shape index (κ2) is 17.9. The average molecular weight is 829 g/mol. The number of aliphatic hydroxyl groups excluding tert-OH is 17. The maximum Gasteiger partial charge on any atom is 0.224 e. The molecular weight excluding hydrogens is 776 g/mol. The summed E-state index contributed by atoms with van der Waals surface area (Å²) in [4.78, 5) is 0. The van der Waals surface area contributed by atoms with Crippen LogP contribution in [0.3, 0.4) is 0 Å². The fraction of sp³-hybridized carbons (Fsp3) is 1.00. The van der Waals surface area contributed by atoms with Crippen LogP contribution in [0, 0.1) is 0 Å². The molecule has 0 radical (unpaired) electrons. The smallest absolute Gasteiger partial charge is 0.224 e. The summed E-state index contributed by atoms with van der Waals surface area (Å²) in [5.41, 5.74) is 0. The van der Waals surface area contributed by atoms with Crippen molar-refractivity contribution in [3.63, 3.8) is 0 Å². The Morgan fingerprint density at radius 3 is 1.23 bits per heavy atom. The molecule has 5 rings (SSSR count). The third-order valence-corrected chi connectivity index (χ3v) is 10.7. The minimum atomic E-state index is -2.76. The Bertz CT molecular complexity index is 1270. The zero-order chi connectivity index (χ0) is 41.5. The van der Waals surface area contributed by atoms with Crippen molar-refractivity contribution in [3.05, 3.63) is 0 Å². The van der Waals surface area contributed by atoms with Gasteiger partial charge in [-0.25, -0.2) is 0 Å². The molecule has 5 fully saturated rings. The van der Waals surface area contributed by atoms with Crippen LogP contribution in [-0.2, 0) is 42.6 Å². The largest absolute Gasteiger partial charge is 0.394 e. The van der Waals surface area contributed by atoms with Crippen molar-refractivity contribution in [2.75, 3.05) is 59.5 Å². The second-order valence-corrected chi connectivity index (χ2v) is 14.2. The number of aliphatic hydroxyl groups is 17. The van der Waals surface area contributed by atoms with Gasteiger partial charge in [0, 0.05) is 0 Å². The third kappa shape index (κ3) is 7.97. The lowest BCUT2D eigenvalue weighted by atomic mass is 9.99. The van der Waals surface area contributed by atoms with Crippen molar-refractivity contribution in [1.82, 2.24) is 0 Å². The van der Waals surface area contributed by atoms with Gasteiger partial charge >= 0.3 is 0 Å². The molecule has 0 unspecified atom stereocenters. The highest BCUT2D eigenvalue weighted by Gasteiger charge is 2.64. The van der Waals surface area contributed by atoms with Crippen molar-refractivity contribution >= 4 is 0 Å². The lowest BCUT2D eigenvalue weighted by Crippen LogP contribution is -2.63. The summed E-state index contributed by atoms with van der Waals surface area (Å²) in [5.74, 6) is -10.5. The van der Waals surface area contributed by atoms with Gasteiger partial charge < -0.3 is 129 Å². The van der Waals surface area contributed by atoms with Crippen LogP contribution in [0.15, 0.2) is 0 Å². The molecule has 17 N–H and O–H groups in total. The van der Waals surface area contributed by atoms with Gasteiger partial charge in [0.15, 0.2) is 6.29 Å². The SMILES string of the molecule is OC[C@H]1O[C@@](CO)(OC[C@H]2O[C@@](CO)(OC[C@@]3(OC[C@@]4(O[C@H]5O[C@H](CO)[C@@H](O)[C@H](O)[C@H]5O)O[C@H](CO)[C@@H](O)[C@@H]4O)O[C@H](CO)[C@@H](O)[C@@H]3O)[C@@H](O)[C@@H]2O)[C@@H](O)[C@@H]1O. The minimum Gasteiger partial charge on any atom is -0.394 e. The van der Waals surface area contributed by atoms with E-state index >= 15 is 0 Å². The van der Waals surface area contributed by atoms with Gasteiger partial charge in [-0.05, 0) is 0 Å². The van der Waals surface area contributed by atoms with Crippen LogP contribution in [0.25, 0.3) is 0 Å². The van der Waals surface area contributed by atoms with Gasteiger partial charge in [0.2, 0.25) is 23.1 Å². The monoisotopic (exact) mass is 828 g/mol. The minimum absolute atomic E-state index is 0.787. The average Bonchev–Trinajstić information content (AvgIpc) is 3.80. The Morgan fingerprint density at radius 2 is 0.750 bits per heavy atom. The lowest BCUT2D eigenvalue weighted by molar-refractivity contribution is -0.404. The Morgan fingerprint density at radius 1 is 0.375 bits per heavy atom. The molecular formula is C30H52O26. The standard InChI is InChI=1S/C30H52O26/c31-1-10-15(37)20(42)21(43)26(51-10)56-30(25(47)18(40)13(4-34)54-30)9-50-29(24(46)17(39)12(3-33)53-29)8-49-28(7-36)23(45)19(41)14(55-28)5-48-27(6-35)22(44)16(38)11(2-32)52-27/h10-26,31-47H,1-9H2/t10-,11-,12-,13-,14-,15-,16-,17-,18-,19-,20+,21-,22+,23+,24+,25+,26-,27-,28-,29-,30+/m1/s1. The van der Waals surface area contributed by atoms with Crippen LogP contribution in [0.4, 0.5) is 0 Å². The second-order valence-electron chi connectivity index (χ2n) is 14.2. The molecule has 26 heteroatoms. The molecule has 5 aliphatic heterocycles. The summed E-state index contributed by atoms with van der Waals surface area (Å²) in [5, 5.41) is 176. The highest BCUT2D eigenvalue weighted by molar-refractivity contribution is 5.04. The van der Waals surface area contributed by atoms with Crippen molar-refractivity contribution in [3.8, 4) is 0 Å². The Hall–Kier alpha value is -1.04. The van der Waals surface area contributed by atoms with Crippen molar-refractivity contribution in [2.24, 2.45) is 0 Å². The first-order valence-electron chi connectivity index (χ1n) is 17.5. The van der Waals surface area contributed by atoms with E-state index in [0.717, 1.165) is 0 Å². The van der Waals surface area contributed by atoms with Crippen LogP contribution in [-0.4, -0.2) is 273 Å². The van der Waals surface area contributed by atoms with Crippen LogP contribution >= 0.6 is 0 Å². The summed E-state index contributed by atoms with van der Waals surface area (Å²) in [6.07, 6.45) is -32.1. The molecule has 5 heterocycles. The summed E-state index contributed by atoms with van der Waals surface area (Å²) in [6.45, 7) is -9.23. The van der Waals surface area contributed by atoms with Gasteiger partial charge in [0.1, 0.15) is 124 Å². The molecule has 0 bridgehead atoms. The summed E-state index contributed by atoms with van der Waals surface area (Å²) >= 11 is 0. The molecule has 0 amide bonds. The number of ether oxygens (including phenoxy) is 9. The van der Waals surface area contributed by atoms with E-state index in [4.69, 9.17) is 42.6 Å². The number of rotatable bonds is 17. The number of hydrogen-bond acceptors (Lipinski definition) is 26.